The van der Waals surface area contributed by atoms with Gasteiger partial charge in [0.15, 0.2) is 0 Å². The van der Waals surface area contributed by atoms with Gasteiger partial charge in [0.1, 0.15) is 0 Å². The maximum absolute atomic E-state index is 5.73. The van der Waals surface area contributed by atoms with E-state index in [9.17, 15) is 0 Å². The van der Waals surface area contributed by atoms with E-state index in [2.05, 4.69) is 5.32 Å². The van der Waals surface area contributed by atoms with Gasteiger partial charge in [-0.05, 0) is 68.7 Å². The Bertz CT molecular complexity index is 204. The largest absolute Gasteiger partial charge is 0.313 e. The van der Waals surface area contributed by atoms with Crippen LogP contribution in [0.15, 0.2) is 0 Å². The third kappa shape index (κ3) is 2.37. The zero-order valence-corrected chi connectivity index (χ0v) is 11.4. The van der Waals surface area contributed by atoms with Gasteiger partial charge in [-0.25, -0.2) is 0 Å². The van der Waals surface area contributed by atoms with Crippen molar-refractivity contribution in [3.8, 4) is 0 Å². The fourth-order valence-corrected chi connectivity index (χ4v) is 4.73. The van der Waals surface area contributed by atoms with Gasteiger partial charge in [-0.1, -0.05) is 0 Å². The lowest BCUT2D eigenvalue weighted by molar-refractivity contribution is -0.0134. The molecule has 4 saturated carbocycles. The van der Waals surface area contributed by atoms with Gasteiger partial charge in [0, 0.05) is 11.9 Å². The van der Waals surface area contributed by atoms with Crippen LogP contribution < -0.4 is 5.32 Å². The van der Waals surface area contributed by atoms with Gasteiger partial charge >= 0.3 is 0 Å². The molecule has 4 rings (SSSR count). The Kier molecular flexibility index (Phi) is 4.43. The van der Waals surface area contributed by atoms with Crippen LogP contribution in [0, 0.1) is 23.7 Å². The van der Waals surface area contributed by atoms with E-state index < -0.39 is 0 Å². The minimum atomic E-state index is 0. The molecule has 0 atom stereocenters. The maximum Gasteiger partial charge on any atom is 0.0235 e. The number of alkyl halides is 1. The van der Waals surface area contributed by atoms with Crippen molar-refractivity contribution in [1.82, 2.24) is 5.32 Å². The Labute approximate surface area is 110 Å². The molecule has 4 bridgehead atoms. The van der Waals surface area contributed by atoms with Crippen LogP contribution in [0.3, 0.4) is 0 Å². The van der Waals surface area contributed by atoms with Crippen LogP contribution in [0.4, 0.5) is 0 Å². The molecule has 0 aromatic carbocycles. The van der Waals surface area contributed by atoms with Crippen molar-refractivity contribution < 1.29 is 0 Å². The first kappa shape index (κ1) is 13.0. The van der Waals surface area contributed by atoms with Gasteiger partial charge in [0.2, 0.25) is 0 Å². The first-order valence-electron chi connectivity index (χ1n) is 6.66. The van der Waals surface area contributed by atoms with Crippen molar-refractivity contribution in [2.75, 3.05) is 12.4 Å². The van der Waals surface area contributed by atoms with E-state index in [1.165, 1.54) is 25.7 Å². The number of rotatable bonds is 4. The molecule has 4 aliphatic carbocycles. The SMILES string of the molecule is Cl.ClCCCNC1C2CC3CC(C2)CC1C3. The summed E-state index contributed by atoms with van der Waals surface area (Å²) in [5.74, 6) is 5.02. The van der Waals surface area contributed by atoms with Gasteiger partial charge in [-0.15, -0.1) is 24.0 Å². The van der Waals surface area contributed by atoms with Crippen LogP contribution in [0.2, 0.25) is 0 Å². The first-order valence-corrected chi connectivity index (χ1v) is 7.19. The van der Waals surface area contributed by atoms with Crippen LogP contribution in [0.1, 0.15) is 38.5 Å². The maximum atomic E-state index is 5.73. The van der Waals surface area contributed by atoms with Gasteiger partial charge in [-0.3, -0.25) is 0 Å². The molecular weight excluding hydrogens is 241 g/mol. The molecule has 1 nitrogen and oxygen atoms in total. The molecule has 4 aliphatic rings. The molecule has 0 heterocycles. The fourth-order valence-electron chi connectivity index (χ4n) is 4.59. The van der Waals surface area contributed by atoms with Crippen LogP contribution in [-0.2, 0) is 0 Å². The lowest BCUT2D eigenvalue weighted by Crippen LogP contribution is -2.54. The fraction of sp³-hybridized carbons (Fsp3) is 1.00. The van der Waals surface area contributed by atoms with Crippen LogP contribution >= 0.6 is 24.0 Å². The number of nitrogens with one attached hydrogen (secondary N) is 1. The lowest BCUT2D eigenvalue weighted by atomic mass is 9.54. The Morgan fingerprint density at radius 3 is 2.00 bits per heavy atom. The standard InChI is InChI=1S/C13H22ClN.ClH/c14-2-1-3-15-13-11-5-9-4-10(7-11)8-12(13)6-9;/h9-13,15H,1-8H2;1H. The minimum absolute atomic E-state index is 0. The van der Waals surface area contributed by atoms with Crippen molar-refractivity contribution in [2.24, 2.45) is 23.7 Å². The molecular formula is C13H23Cl2N. The van der Waals surface area contributed by atoms with Gasteiger partial charge < -0.3 is 5.32 Å². The molecule has 4 fully saturated rings. The van der Waals surface area contributed by atoms with E-state index in [0.29, 0.717) is 0 Å². The van der Waals surface area contributed by atoms with Crippen LogP contribution in [-0.4, -0.2) is 18.5 Å². The summed E-state index contributed by atoms with van der Waals surface area (Å²) in [5, 5.41) is 3.78. The van der Waals surface area contributed by atoms with E-state index >= 15 is 0 Å². The molecule has 0 saturated heterocycles. The smallest absolute Gasteiger partial charge is 0.0235 e. The average Bonchev–Trinajstić information content (AvgIpc) is 2.21. The van der Waals surface area contributed by atoms with Crippen molar-refractivity contribution in [3.05, 3.63) is 0 Å². The van der Waals surface area contributed by atoms with Crippen molar-refractivity contribution >= 4 is 24.0 Å². The summed E-state index contributed by atoms with van der Waals surface area (Å²) < 4.78 is 0. The molecule has 0 aliphatic heterocycles. The normalized spacial score (nSPS) is 44.4. The molecule has 0 radical (unpaired) electrons. The summed E-state index contributed by atoms with van der Waals surface area (Å²) >= 11 is 5.73. The lowest BCUT2D eigenvalue weighted by Gasteiger charge is -2.54. The van der Waals surface area contributed by atoms with Crippen molar-refractivity contribution in [1.29, 1.82) is 0 Å². The Morgan fingerprint density at radius 1 is 0.938 bits per heavy atom. The molecule has 94 valence electrons. The second kappa shape index (κ2) is 5.46. The Hall–Kier alpha value is 0.540. The van der Waals surface area contributed by atoms with Crippen LogP contribution in [0.5, 0.6) is 0 Å². The predicted molar refractivity (Wildman–Crippen MR) is 71.4 cm³/mol. The highest BCUT2D eigenvalue weighted by atomic mass is 35.5. The number of halogens is 2. The Morgan fingerprint density at radius 2 is 1.50 bits per heavy atom. The molecule has 0 aromatic rings. The second-order valence-corrected chi connectivity index (χ2v) is 6.33. The summed E-state index contributed by atoms with van der Waals surface area (Å²) in [5.41, 5.74) is 0. The summed E-state index contributed by atoms with van der Waals surface area (Å²) in [6, 6.07) is 0.848. The molecule has 16 heavy (non-hydrogen) atoms. The summed E-state index contributed by atoms with van der Waals surface area (Å²) in [4.78, 5) is 0. The number of hydrogen-bond acceptors (Lipinski definition) is 1. The average molecular weight is 264 g/mol. The van der Waals surface area contributed by atoms with Gasteiger partial charge in [0.05, 0.1) is 0 Å². The summed E-state index contributed by atoms with van der Waals surface area (Å²) in [7, 11) is 0. The molecule has 1 N–H and O–H groups in total. The monoisotopic (exact) mass is 263 g/mol. The van der Waals surface area contributed by atoms with E-state index in [-0.39, 0.29) is 12.4 Å². The first-order chi connectivity index (χ1) is 7.36. The quantitative estimate of drug-likeness (QED) is 0.605. The highest BCUT2D eigenvalue weighted by Crippen LogP contribution is 2.53. The third-order valence-corrected chi connectivity index (χ3v) is 5.18. The van der Waals surface area contributed by atoms with Crippen molar-refractivity contribution in [2.45, 2.75) is 44.6 Å². The van der Waals surface area contributed by atoms with Gasteiger partial charge in [0.25, 0.3) is 0 Å². The van der Waals surface area contributed by atoms with E-state index in [4.69, 9.17) is 11.6 Å². The minimum Gasteiger partial charge on any atom is -0.313 e. The molecule has 0 aromatic heterocycles. The zero-order chi connectivity index (χ0) is 10.3. The number of hydrogen-bond donors (Lipinski definition) is 1. The topological polar surface area (TPSA) is 12.0 Å². The molecule has 3 heteroatoms. The summed E-state index contributed by atoms with van der Waals surface area (Å²) in [6.07, 6.45) is 8.76. The highest BCUT2D eigenvalue weighted by molar-refractivity contribution is 6.17. The molecule has 0 spiro atoms. The Balaban J connectivity index is 0.000000963. The predicted octanol–water partition coefficient (Wildman–Crippen LogP) is 3.45. The van der Waals surface area contributed by atoms with E-state index in [0.717, 1.165) is 48.6 Å². The zero-order valence-electron chi connectivity index (χ0n) is 9.83. The second-order valence-electron chi connectivity index (χ2n) is 5.95. The highest BCUT2D eigenvalue weighted by Gasteiger charge is 2.47. The third-order valence-electron chi connectivity index (χ3n) is 4.92. The van der Waals surface area contributed by atoms with Gasteiger partial charge in [-0.2, -0.15) is 0 Å². The van der Waals surface area contributed by atoms with Crippen LogP contribution in [0.25, 0.3) is 0 Å². The van der Waals surface area contributed by atoms with E-state index in [1.54, 1.807) is 6.42 Å². The summed E-state index contributed by atoms with van der Waals surface area (Å²) in [6.45, 7) is 1.14. The van der Waals surface area contributed by atoms with E-state index in [1.807, 2.05) is 0 Å². The molecule has 0 unspecified atom stereocenters. The van der Waals surface area contributed by atoms with Crippen molar-refractivity contribution in [3.63, 3.8) is 0 Å². The molecule has 0 amide bonds.